The lowest BCUT2D eigenvalue weighted by molar-refractivity contribution is 0.0754. The van der Waals surface area contributed by atoms with Gasteiger partial charge in [0.15, 0.2) is 0 Å². The molecule has 1 N–H and O–H groups in total. The Morgan fingerprint density at radius 3 is 2.82 bits per heavy atom. The fourth-order valence-electron chi connectivity index (χ4n) is 2.39. The lowest BCUT2D eigenvalue weighted by atomic mass is 10.1. The Labute approximate surface area is 126 Å². The average Bonchev–Trinajstić information content (AvgIpc) is 3.00. The van der Waals surface area contributed by atoms with Crippen molar-refractivity contribution in [2.75, 3.05) is 6.54 Å². The zero-order valence-electron chi connectivity index (χ0n) is 12.1. The molecule has 1 amide bonds. The summed E-state index contributed by atoms with van der Waals surface area (Å²) in [5, 5.41) is 10.5. The van der Waals surface area contributed by atoms with Crippen LogP contribution in [0.15, 0.2) is 42.5 Å². The average molecular weight is 298 g/mol. The molecule has 0 radical (unpaired) electrons. The van der Waals surface area contributed by atoms with Crippen LogP contribution in [-0.4, -0.2) is 32.8 Å². The minimum Gasteiger partial charge on any atom is -0.335 e. The van der Waals surface area contributed by atoms with E-state index in [1.165, 1.54) is 12.1 Å². The van der Waals surface area contributed by atoms with Gasteiger partial charge in [0.1, 0.15) is 16.9 Å². The molecule has 1 heterocycles. The number of fused-ring (bicyclic) bond motifs is 1. The topological polar surface area (TPSA) is 61.9 Å². The van der Waals surface area contributed by atoms with Crippen LogP contribution < -0.4 is 0 Å². The van der Waals surface area contributed by atoms with Gasteiger partial charge in [-0.1, -0.05) is 18.2 Å². The fraction of sp³-hybridized carbons (Fsp3) is 0.188. The molecule has 0 spiro atoms. The van der Waals surface area contributed by atoms with Crippen molar-refractivity contribution < 1.29 is 9.18 Å². The quantitative estimate of drug-likeness (QED) is 0.805. The van der Waals surface area contributed by atoms with E-state index in [-0.39, 0.29) is 11.7 Å². The first kappa shape index (κ1) is 14.2. The van der Waals surface area contributed by atoms with E-state index >= 15 is 0 Å². The number of benzene rings is 2. The van der Waals surface area contributed by atoms with Crippen LogP contribution in [0.1, 0.15) is 22.8 Å². The molecule has 0 aliphatic carbocycles. The number of aromatic amines is 1. The molecule has 0 fully saturated rings. The minimum absolute atomic E-state index is 0.147. The zero-order chi connectivity index (χ0) is 15.5. The van der Waals surface area contributed by atoms with Crippen molar-refractivity contribution in [2.45, 2.75) is 13.5 Å². The first-order valence-electron chi connectivity index (χ1n) is 7.02. The summed E-state index contributed by atoms with van der Waals surface area (Å²) in [7, 11) is 0. The summed E-state index contributed by atoms with van der Waals surface area (Å²) in [4.78, 5) is 14.4. The highest BCUT2D eigenvalue weighted by Gasteiger charge is 2.18. The molecule has 0 unspecified atom stereocenters. The van der Waals surface area contributed by atoms with Gasteiger partial charge in [0, 0.05) is 13.1 Å². The molecular weight excluding hydrogens is 283 g/mol. The fourth-order valence-corrected chi connectivity index (χ4v) is 2.39. The number of nitrogens with one attached hydrogen (secondary N) is 1. The lowest BCUT2D eigenvalue weighted by Crippen LogP contribution is -2.30. The standard InChI is InChI=1S/C16H15FN4O/c1-2-21(10-11-5-3-6-12(17)9-11)16(22)13-7-4-8-14-15(13)19-20-18-14/h3-9H,2,10H2,1H3,(H,18,19,20). The highest BCUT2D eigenvalue weighted by molar-refractivity contribution is 6.04. The molecule has 22 heavy (non-hydrogen) atoms. The van der Waals surface area contributed by atoms with Gasteiger partial charge in [-0.25, -0.2) is 4.39 Å². The van der Waals surface area contributed by atoms with Crippen LogP contribution in [0.5, 0.6) is 0 Å². The third-order valence-electron chi connectivity index (χ3n) is 3.51. The molecule has 6 heteroatoms. The highest BCUT2D eigenvalue weighted by Crippen LogP contribution is 2.17. The van der Waals surface area contributed by atoms with Crippen LogP contribution in [0.2, 0.25) is 0 Å². The number of carbonyl (C=O) groups is 1. The van der Waals surface area contributed by atoms with Crippen LogP contribution in [0, 0.1) is 5.82 Å². The Kier molecular flexibility index (Phi) is 3.82. The number of hydrogen-bond donors (Lipinski definition) is 1. The van der Waals surface area contributed by atoms with Gasteiger partial charge in [-0.15, -0.1) is 0 Å². The molecule has 0 bridgehead atoms. The predicted molar refractivity (Wildman–Crippen MR) is 80.7 cm³/mol. The van der Waals surface area contributed by atoms with E-state index in [9.17, 15) is 9.18 Å². The molecule has 0 aliphatic rings. The summed E-state index contributed by atoms with van der Waals surface area (Å²) in [5.74, 6) is -0.453. The first-order chi connectivity index (χ1) is 10.7. The molecule has 0 atom stereocenters. The molecule has 3 aromatic rings. The number of H-pyrrole nitrogens is 1. The molecule has 0 aliphatic heterocycles. The van der Waals surface area contributed by atoms with Crippen molar-refractivity contribution in [3.63, 3.8) is 0 Å². The molecule has 0 saturated heterocycles. The second-order valence-corrected chi connectivity index (χ2v) is 4.95. The molecule has 112 valence electrons. The maximum Gasteiger partial charge on any atom is 0.256 e. The Balaban J connectivity index is 1.90. The van der Waals surface area contributed by atoms with Crippen LogP contribution in [0.25, 0.3) is 11.0 Å². The second-order valence-electron chi connectivity index (χ2n) is 4.95. The van der Waals surface area contributed by atoms with Gasteiger partial charge < -0.3 is 4.90 Å². The minimum atomic E-state index is -0.306. The molecule has 2 aromatic carbocycles. The molecule has 5 nitrogen and oxygen atoms in total. The number of halogens is 1. The van der Waals surface area contributed by atoms with E-state index in [1.807, 2.05) is 6.92 Å². The molecule has 3 rings (SSSR count). The number of rotatable bonds is 4. The summed E-state index contributed by atoms with van der Waals surface area (Å²) < 4.78 is 13.3. The van der Waals surface area contributed by atoms with E-state index in [4.69, 9.17) is 0 Å². The third kappa shape index (κ3) is 2.67. The smallest absolute Gasteiger partial charge is 0.256 e. The van der Waals surface area contributed by atoms with Crippen LogP contribution in [0.4, 0.5) is 4.39 Å². The van der Waals surface area contributed by atoms with E-state index in [1.54, 1.807) is 35.2 Å². The highest BCUT2D eigenvalue weighted by atomic mass is 19.1. The van der Waals surface area contributed by atoms with Gasteiger partial charge in [0.2, 0.25) is 0 Å². The zero-order valence-corrected chi connectivity index (χ0v) is 12.1. The van der Waals surface area contributed by atoms with E-state index in [0.717, 1.165) is 5.56 Å². The molecular formula is C16H15FN4O. The summed E-state index contributed by atoms with van der Waals surface area (Å²) in [6.07, 6.45) is 0. The number of carbonyl (C=O) groups excluding carboxylic acids is 1. The lowest BCUT2D eigenvalue weighted by Gasteiger charge is -2.21. The van der Waals surface area contributed by atoms with Crippen molar-refractivity contribution in [1.29, 1.82) is 0 Å². The largest absolute Gasteiger partial charge is 0.335 e. The summed E-state index contributed by atoms with van der Waals surface area (Å²) in [6.45, 7) is 2.76. The van der Waals surface area contributed by atoms with Gasteiger partial charge in [-0.05, 0) is 36.8 Å². The normalized spacial score (nSPS) is 10.8. The number of nitrogens with zero attached hydrogens (tertiary/aromatic N) is 3. The van der Waals surface area contributed by atoms with Gasteiger partial charge in [-0.3, -0.25) is 4.79 Å². The predicted octanol–water partition coefficient (Wildman–Crippen LogP) is 2.76. The van der Waals surface area contributed by atoms with Crippen molar-refractivity contribution >= 4 is 16.9 Å². The number of amides is 1. The van der Waals surface area contributed by atoms with Crippen LogP contribution in [0.3, 0.4) is 0 Å². The maximum absolute atomic E-state index is 13.3. The Hall–Kier alpha value is -2.76. The van der Waals surface area contributed by atoms with Crippen molar-refractivity contribution in [2.24, 2.45) is 0 Å². The monoisotopic (exact) mass is 298 g/mol. The van der Waals surface area contributed by atoms with Crippen molar-refractivity contribution in [1.82, 2.24) is 20.3 Å². The van der Waals surface area contributed by atoms with Gasteiger partial charge in [0.25, 0.3) is 5.91 Å². The van der Waals surface area contributed by atoms with Crippen molar-refractivity contribution in [3.8, 4) is 0 Å². The van der Waals surface area contributed by atoms with Gasteiger partial charge in [0.05, 0.1) is 5.56 Å². The van der Waals surface area contributed by atoms with Crippen molar-refractivity contribution in [3.05, 3.63) is 59.4 Å². The third-order valence-corrected chi connectivity index (χ3v) is 3.51. The number of hydrogen-bond acceptors (Lipinski definition) is 3. The molecule has 0 saturated carbocycles. The van der Waals surface area contributed by atoms with Gasteiger partial charge >= 0.3 is 0 Å². The number of aromatic nitrogens is 3. The van der Waals surface area contributed by atoms with E-state index in [2.05, 4.69) is 15.4 Å². The maximum atomic E-state index is 13.3. The summed E-state index contributed by atoms with van der Waals surface area (Å²) in [6, 6.07) is 11.6. The number of para-hydroxylation sites is 1. The second kappa shape index (κ2) is 5.93. The van der Waals surface area contributed by atoms with E-state index < -0.39 is 0 Å². The Bertz CT molecular complexity index is 815. The summed E-state index contributed by atoms with van der Waals surface area (Å²) >= 11 is 0. The SMILES string of the molecule is CCN(Cc1cccc(F)c1)C(=O)c1cccc2n[nH]nc12. The first-order valence-corrected chi connectivity index (χ1v) is 7.02. The summed E-state index contributed by atoms with van der Waals surface area (Å²) in [5.41, 5.74) is 2.44. The Morgan fingerprint density at radius 1 is 1.23 bits per heavy atom. The van der Waals surface area contributed by atoms with E-state index in [0.29, 0.717) is 29.7 Å². The van der Waals surface area contributed by atoms with Crippen LogP contribution >= 0.6 is 0 Å². The van der Waals surface area contributed by atoms with Gasteiger partial charge in [-0.2, -0.15) is 15.4 Å². The Morgan fingerprint density at radius 2 is 2.05 bits per heavy atom. The molecule has 1 aromatic heterocycles. The van der Waals surface area contributed by atoms with Crippen LogP contribution in [-0.2, 0) is 6.54 Å².